The molecule has 0 bridgehead atoms. The van der Waals surface area contributed by atoms with E-state index in [0.717, 1.165) is 51.1 Å². The summed E-state index contributed by atoms with van der Waals surface area (Å²) in [6.45, 7) is 8.31. The second kappa shape index (κ2) is 7.48. The Morgan fingerprint density at radius 1 is 1.30 bits per heavy atom. The van der Waals surface area contributed by atoms with E-state index in [2.05, 4.69) is 29.0 Å². The van der Waals surface area contributed by atoms with E-state index < -0.39 is 0 Å². The normalized spacial score (nSPS) is 14.3. The Morgan fingerprint density at radius 3 is 2.80 bits per heavy atom. The molecule has 1 aliphatic carbocycles. The first-order valence-corrected chi connectivity index (χ1v) is 7.96. The van der Waals surface area contributed by atoms with Crippen molar-refractivity contribution in [2.75, 3.05) is 26.2 Å². The van der Waals surface area contributed by atoms with Crippen LogP contribution >= 0.6 is 0 Å². The Kier molecular flexibility index (Phi) is 5.65. The van der Waals surface area contributed by atoms with Crippen molar-refractivity contribution in [2.24, 2.45) is 0 Å². The molecular formula is C16H27N3O. The van der Waals surface area contributed by atoms with Gasteiger partial charge in [0.1, 0.15) is 5.69 Å². The van der Waals surface area contributed by atoms with Crippen LogP contribution in [0.1, 0.15) is 54.7 Å². The van der Waals surface area contributed by atoms with Gasteiger partial charge in [0.2, 0.25) is 0 Å². The maximum Gasteiger partial charge on any atom is 0.267 e. The van der Waals surface area contributed by atoms with Crippen molar-refractivity contribution >= 4 is 5.91 Å². The molecule has 1 amide bonds. The van der Waals surface area contributed by atoms with Crippen LogP contribution < -0.4 is 5.32 Å². The minimum atomic E-state index is 0.0627. The van der Waals surface area contributed by atoms with Crippen LogP contribution in [0.15, 0.2) is 6.20 Å². The van der Waals surface area contributed by atoms with Crippen LogP contribution in [-0.4, -0.2) is 42.0 Å². The van der Waals surface area contributed by atoms with Gasteiger partial charge in [-0.1, -0.05) is 13.8 Å². The molecule has 0 saturated heterocycles. The van der Waals surface area contributed by atoms with E-state index in [4.69, 9.17) is 0 Å². The Balaban J connectivity index is 1.79. The highest BCUT2D eigenvalue weighted by molar-refractivity contribution is 5.94. The number of carbonyl (C=O) groups excluding carboxylic acids is 1. The number of hydrogen-bond donors (Lipinski definition) is 2. The molecule has 0 fully saturated rings. The van der Waals surface area contributed by atoms with Crippen LogP contribution in [0.3, 0.4) is 0 Å². The Morgan fingerprint density at radius 2 is 2.05 bits per heavy atom. The summed E-state index contributed by atoms with van der Waals surface area (Å²) in [5, 5.41) is 3.04. The molecular weight excluding hydrogens is 250 g/mol. The number of rotatable bonds is 7. The highest BCUT2D eigenvalue weighted by atomic mass is 16.1. The number of nitrogens with one attached hydrogen (secondary N) is 2. The maximum absolute atomic E-state index is 12.2. The van der Waals surface area contributed by atoms with Gasteiger partial charge >= 0.3 is 0 Å². The molecule has 4 nitrogen and oxygen atoms in total. The lowest BCUT2D eigenvalue weighted by Crippen LogP contribution is -2.30. The monoisotopic (exact) mass is 277 g/mol. The number of aryl methyl sites for hydroxylation is 1. The number of aromatic nitrogens is 1. The first-order valence-electron chi connectivity index (χ1n) is 7.96. The molecule has 0 unspecified atom stereocenters. The van der Waals surface area contributed by atoms with Crippen molar-refractivity contribution in [3.63, 3.8) is 0 Å². The van der Waals surface area contributed by atoms with Crippen LogP contribution in [0.4, 0.5) is 0 Å². The van der Waals surface area contributed by atoms with Crippen molar-refractivity contribution < 1.29 is 4.79 Å². The average Bonchev–Trinajstić information content (AvgIpc) is 2.91. The molecule has 1 heterocycles. The van der Waals surface area contributed by atoms with E-state index in [9.17, 15) is 4.79 Å². The van der Waals surface area contributed by atoms with E-state index in [1.54, 1.807) is 0 Å². The van der Waals surface area contributed by atoms with Gasteiger partial charge in [-0.25, -0.2) is 0 Å². The molecule has 0 spiro atoms. The Labute approximate surface area is 121 Å². The lowest BCUT2D eigenvalue weighted by molar-refractivity contribution is 0.0946. The van der Waals surface area contributed by atoms with Gasteiger partial charge in [-0.05, 0) is 62.9 Å². The first-order chi connectivity index (χ1) is 9.76. The molecule has 20 heavy (non-hydrogen) atoms. The number of H-pyrrole nitrogens is 1. The number of amides is 1. The van der Waals surface area contributed by atoms with Crippen LogP contribution in [0.25, 0.3) is 0 Å². The molecule has 2 rings (SSSR count). The number of hydrogen-bond acceptors (Lipinski definition) is 2. The number of carbonyl (C=O) groups is 1. The molecule has 1 aromatic heterocycles. The quantitative estimate of drug-likeness (QED) is 0.752. The van der Waals surface area contributed by atoms with Crippen LogP contribution in [-0.2, 0) is 12.8 Å². The molecule has 0 atom stereocenters. The highest BCUT2D eigenvalue weighted by Crippen LogP contribution is 2.23. The van der Waals surface area contributed by atoms with Gasteiger partial charge in [0, 0.05) is 12.7 Å². The van der Waals surface area contributed by atoms with Gasteiger partial charge in [0.15, 0.2) is 0 Å². The maximum atomic E-state index is 12.2. The molecule has 112 valence electrons. The fraction of sp³-hybridized carbons (Fsp3) is 0.688. The van der Waals surface area contributed by atoms with Crippen molar-refractivity contribution in [3.05, 3.63) is 23.0 Å². The molecule has 0 aromatic carbocycles. The first kappa shape index (κ1) is 15.1. The lowest BCUT2D eigenvalue weighted by Gasteiger charge is -2.17. The molecule has 0 radical (unpaired) electrons. The molecule has 1 aromatic rings. The predicted molar refractivity (Wildman–Crippen MR) is 82.2 cm³/mol. The fourth-order valence-electron chi connectivity index (χ4n) is 2.96. The van der Waals surface area contributed by atoms with Crippen molar-refractivity contribution in [2.45, 2.75) is 46.0 Å². The standard InChI is InChI=1S/C16H27N3O/c1-3-19(4-2)11-7-10-17-16(20)15-14-9-6-5-8-13(14)12-18-15/h12,18H,3-11H2,1-2H3,(H,17,20). The summed E-state index contributed by atoms with van der Waals surface area (Å²) in [5.41, 5.74) is 3.38. The number of nitrogens with zero attached hydrogens (tertiary/aromatic N) is 1. The largest absolute Gasteiger partial charge is 0.357 e. The summed E-state index contributed by atoms with van der Waals surface area (Å²) in [6.07, 6.45) is 7.63. The summed E-state index contributed by atoms with van der Waals surface area (Å²) in [6, 6.07) is 0. The second-order valence-corrected chi connectivity index (χ2v) is 5.51. The van der Waals surface area contributed by atoms with E-state index in [-0.39, 0.29) is 5.91 Å². The minimum absolute atomic E-state index is 0.0627. The number of aromatic amines is 1. The molecule has 2 N–H and O–H groups in total. The van der Waals surface area contributed by atoms with Gasteiger partial charge in [0.25, 0.3) is 5.91 Å². The molecule has 4 heteroatoms. The summed E-state index contributed by atoms with van der Waals surface area (Å²) >= 11 is 0. The third-order valence-corrected chi connectivity index (χ3v) is 4.26. The van der Waals surface area contributed by atoms with Crippen LogP contribution in [0.2, 0.25) is 0 Å². The number of fused-ring (bicyclic) bond motifs is 1. The SMILES string of the molecule is CCN(CC)CCCNC(=O)c1[nH]cc2c1CCCC2. The van der Waals surface area contributed by atoms with Gasteiger partial charge in [-0.2, -0.15) is 0 Å². The lowest BCUT2D eigenvalue weighted by atomic mass is 9.94. The van der Waals surface area contributed by atoms with Crippen molar-refractivity contribution in [1.29, 1.82) is 0 Å². The van der Waals surface area contributed by atoms with Crippen molar-refractivity contribution in [1.82, 2.24) is 15.2 Å². The second-order valence-electron chi connectivity index (χ2n) is 5.51. The topological polar surface area (TPSA) is 48.1 Å². The molecule has 0 saturated carbocycles. The van der Waals surface area contributed by atoms with E-state index in [1.807, 2.05) is 6.20 Å². The summed E-state index contributed by atoms with van der Waals surface area (Å²) in [7, 11) is 0. The van der Waals surface area contributed by atoms with Crippen LogP contribution in [0.5, 0.6) is 0 Å². The highest BCUT2D eigenvalue weighted by Gasteiger charge is 2.19. The summed E-state index contributed by atoms with van der Waals surface area (Å²) in [4.78, 5) is 17.7. The zero-order valence-corrected chi connectivity index (χ0v) is 12.8. The third kappa shape index (κ3) is 3.63. The molecule has 0 aliphatic heterocycles. The Hall–Kier alpha value is -1.29. The van der Waals surface area contributed by atoms with Crippen LogP contribution in [0, 0.1) is 0 Å². The summed E-state index contributed by atoms with van der Waals surface area (Å²) < 4.78 is 0. The smallest absolute Gasteiger partial charge is 0.267 e. The average molecular weight is 277 g/mol. The molecule has 1 aliphatic rings. The predicted octanol–water partition coefficient (Wildman–Crippen LogP) is 2.36. The van der Waals surface area contributed by atoms with Crippen molar-refractivity contribution in [3.8, 4) is 0 Å². The van der Waals surface area contributed by atoms with E-state index >= 15 is 0 Å². The van der Waals surface area contributed by atoms with E-state index in [1.165, 1.54) is 24.0 Å². The zero-order valence-electron chi connectivity index (χ0n) is 12.8. The Bertz CT molecular complexity index is 435. The minimum Gasteiger partial charge on any atom is -0.357 e. The zero-order chi connectivity index (χ0) is 14.4. The summed E-state index contributed by atoms with van der Waals surface area (Å²) in [5.74, 6) is 0.0627. The van der Waals surface area contributed by atoms with Gasteiger partial charge < -0.3 is 15.2 Å². The third-order valence-electron chi connectivity index (χ3n) is 4.26. The van der Waals surface area contributed by atoms with Gasteiger partial charge in [-0.15, -0.1) is 0 Å². The van der Waals surface area contributed by atoms with Gasteiger partial charge in [-0.3, -0.25) is 4.79 Å². The fourth-order valence-corrected chi connectivity index (χ4v) is 2.96. The van der Waals surface area contributed by atoms with Gasteiger partial charge in [0.05, 0.1) is 0 Å². The van der Waals surface area contributed by atoms with E-state index in [0.29, 0.717) is 0 Å².